The fraction of sp³-hybridized carbons (Fsp3) is 0.316. The normalized spacial score (nSPS) is 12.5. The first-order valence-corrected chi connectivity index (χ1v) is 7.75. The average molecular weight is 331 g/mol. The maximum atomic E-state index is 14.4. The first kappa shape index (κ1) is 17.9. The first-order chi connectivity index (χ1) is 11.3. The van der Waals surface area contributed by atoms with Gasteiger partial charge in [-0.25, -0.2) is 9.18 Å². The van der Waals surface area contributed by atoms with Crippen molar-refractivity contribution in [3.8, 4) is 11.1 Å². The minimum atomic E-state index is -0.737. The topological polar surface area (TPSA) is 58.6 Å². The number of amides is 1. The molecule has 0 fully saturated rings. The lowest BCUT2D eigenvalue weighted by atomic mass is 10.0. The van der Waals surface area contributed by atoms with Crippen LogP contribution >= 0.6 is 0 Å². The largest absolute Gasteiger partial charge is 0.444 e. The van der Waals surface area contributed by atoms with Crippen LogP contribution in [-0.4, -0.2) is 23.4 Å². The van der Waals surface area contributed by atoms with Gasteiger partial charge in [-0.3, -0.25) is 0 Å². The van der Waals surface area contributed by atoms with E-state index in [4.69, 9.17) is 4.74 Å². The van der Waals surface area contributed by atoms with Crippen molar-refractivity contribution in [2.75, 3.05) is 6.61 Å². The summed E-state index contributed by atoms with van der Waals surface area (Å²) in [6.45, 7) is 4.88. The van der Waals surface area contributed by atoms with Crippen molar-refractivity contribution in [1.82, 2.24) is 5.32 Å². The number of carbonyl (C=O) groups excluding carboxylic acids is 1. The monoisotopic (exact) mass is 331 g/mol. The van der Waals surface area contributed by atoms with E-state index < -0.39 is 23.6 Å². The number of carbonyl (C=O) groups is 1. The van der Waals surface area contributed by atoms with E-state index in [0.29, 0.717) is 11.1 Å². The molecule has 1 atom stereocenters. The summed E-state index contributed by atoms with van der Waals surface area (Å²) in [5.74, 6) is -0.414. The average Bonchev–Trinajstić information content (AvgIpc) is 2.51. The predicted octanol–water partition coefficient (Wildman–Crippen LogP) is 4.05. The third kappa shape index (κ3) is 4.80. The minimum Gasteiger partial charge on any atom is -0.444 e. The molecule has 0 saturated heterocycles. The molecule has 0 aliphatic carbocycles. The molecule has 0 aromatic heterocycles. The molecular formula is C19H22FNO3. The molecule has 0 unspecified atom stereocenters. The zero-order valence-electron chi connectivity index (χ0n) is 14.0. The van der Waals surface area contributed by atoms with Crippen LogP contribution in [0.5, 0.6) is 0 Å². The third-order valence-corrected chi connectivity index (χ3v) is 3.35. The van der Waals surface area contributed by atoms with Gasteiger partial charge in [0.15, 0.2) is 0 Å². The Morgan fingerprint density at radius 3 is 2.42 bits per heavy atom. The van der Waals surface area contributed by atoms with Gasteiger partial charge in [0.25, 0.3) is 0 Å². The molecular weight excluding hydrogens is 309 g/mol. The van der Waals surface area contributed by atoms with E-state index >= 15 is 0 Å². The zero-order valence-corrected chi connectivity index (χ0v) is 14.0. The van der Waals surface area contributed by atoms with Crippen LogP contribution < -0.4 is 5.32 Å². The van der Waals surface area contributed by atoms with E-state index in [1.165, 1.54) is 6.07 Å². The quantitative estimate of drug-likeness (QED) is 0.888. The number of hydrogen-bond donors (Lipinski definition) is 2. The van der Waals surface area contributed by atoms with Crippen molar-refractivity contribution in [3.05, 3.63) is 59.9 Å². The Hall–Kier alpha value is -2.40. The second-order valence-corrected chi connectivity index (χ2v) is 6.49. The fourth-order valence-electron chi connectivity index (χ4n) is 2.28. The Morgan fingerprint density at radius 1 is 1.21 bits per heavy atom. The molecule has 0 bridgehead atoms. The Labute approximate surface area is 141 Å². The van der Waals surface area contributed by atoms with Gasteiger partial charge in [-0.05, 0) is 38.0 Å². The van der Waals surface area contributed by atoms with Crippen molar-refractivity contribution in [1.29, 1.82) is 0 Å². The maximum Gasteiger partial charge on any atom is 0.408 e. The summed E-state index contributed by atoms with van der Waals surface area (Å²) >= 11 is 0. The van der Waals surface area contributed by atoms with Crippen molar-refractivity contribution in [2.45, 2.75) is 32.4 Å². The van der Waals surface area contributed by atoms with Gasteiger partial charge in [0.05, 0.1) is 12.6 Å². The number of rotatable bonds is 4. The van der Waals surface area contributed by atoms with Crippen molar-refractivity contribution in [2.24, 2.45) is 0 Å². The molecule has 1 amide bonds. The van der Waals surface area contributed by atoms with Crippen LogP contribution in [0.1, 0.15) is 32.4 Å². The molecule has 0 spiro atoms. The van der Waals surface area contributed by atoms with Gasteiger partial charge in [-0.15, -0.1) is 0 Å². The van der Waals surface area contributed by atoms with E-state index in [9.17, 15) is 14.3 Å². The SMILES string of the molecule is CC(C)(C)OC(=O)N[C@@H](CO)c1ccc(-c2ccccc2)c(F)c1. The zero-order chi connectivity index (χ0) is 17.7. The molecule has 0 heterocycles. The standard InChI is InChI=1S/C19H22FNO3/c1-19(2,3)24-18(23)21-17(12-22)14-9-10-15(16(20)11-14)13-7-5-4-6-8-13/h4-11,17,22H,12H2,1-3H3,(H,21,23)/t17-/m0/s1. The Balaban J connectivity index is 2.18. The molecule has 2 N–H and O–H groups in total. The summed E-state index contributed by atoms with van der Waals surface area (Å²) in [6, 6.07) is 13.1. The number of nitrogens with one attached hydrogen (secondary N) is 1. The molecule has 0 saturated carbocycles. The molecule has 0 radical (unpaired) electrons. The van der Waals surface area contributed by atoms with Crippen LogP contribution in [0.15, 0.2) is 48.5 Å². The van der Waals surface area contributed by atoms with Crippen molar-refractivity contribution in [3.63, 3.8) is 0 Å². The lowest BCUT2D eigenvalue weighted by molar-refractivity contribution is 0.0481. The molecule has 4 nitrogen and oxygen atoms in total. The van der Waals surface area contributed by atoms with Crippen LogP contribution in [0.3, 0.4) is 0 Å². The van der Waals surface area contributed by atoms with Crippen LogP contribution in [0.25, 0.3) is 11.1 Å². The smallest absolute Gasteiger partial charge is 0.408 e. The summed E-state index contributed by atoms with van der Waals surface area (Å²) in [5, 5.41) is 12.1. The van der Waals surface area contributed by atoms with Crippen LogP contribution in [0, 0.1) is 5.82 Å². The number of alkyl carbamates (subject to hydrolysis) is 1. The number of aliphatic hydroxyl groups excluding tert-OH is 1. The maximum absolute atomic E-state index is 14.4. The van der Waals surface area contributed by atoms with Gasteiger partial charge in [-0.2, -0.15) is 0 Å². The number of benzene rings is 2. The predicted molar refractivity (Wildman–Crippen MR) is 91.0 cm³/mol. The lowest BCUT2D eigenvalue weighted by Crippen LogP contribution is -2.36. The summed E-state index contributed by atoms with van der Waals surface area (Å²) in [5.41, 5.74) is 1.06. The molecule has 0 aliphatic heterocycles. The second-order valence-electron chi connectivity index (χ2n) is 6.49. The van der Waals surface area contributed by atoms with Crippen LogP contribution in [-0.2, 0) is 4.74 Å². The molecule has 24 heavy (non-hydrogen) atoms. The highest BCUT2D eigenvalue weighted by atomic mass is 19.1. The summed E-state index contributed by atoms with van der Waals surface area (Å²) in [7, 11) is 0. The fourth-order valence-corrected chi connectivity index (χ4v) is 2.28. The highest BCUT2D eigenvalue weighted by molar-refractivity contribution is 5.69. The van der Waals surface area contributed by atoms with E-state index in [1.807, 2.05) is 30.3 Å². The van der Waals surface area contributed by atoms with Crippen molar-refractivity contribution < 1.29 is 19.0 Å². The first-order valence-electron chi connectivity index (χ1n) is 7.75. The number of halogens is 1. The van der Waals surface area contributed by atoms with E-state index in [-0.39, 0.29) is 6.61 Å². The molecule has 2 aromatic rings. The molecule has 2 aromatic carbocycles. The molecule has 0 aliphatic rings. The number of ether oxygens (including phenoxy) is 1. The van der Waals surface area contributed by atoms with E-state index in [2.05, 4.69) is 5.32 Å². The summed E-state index contributed by atoms with van der Waals surface area (Å²) in [4.78, 5) is 11.8. The second kappa shape index (κ2) is 7.45. The van der Waals surface area contributed by atoms with E-state index in [1.54, 1.807) is 32.9 Å². The number of hydrogen-bond acceptors (Lipinski definition) is 3. The van der Waals surface area contributed by atoms with Crippen LogP contribution in [0.2, 0.25) is 0 Å². The van der Waals surface area contributed by atoms with Crippen molar-refractivity contribution >= 4 is 6.09 Å². The van der Waals surface area contributed by atoms with Gasteiger partial charge in [0, 0.05) is 5.56 Å². The number of aliphatic hydroxyl groups is 1. The highest BCUT2D eigenvalue weighted by Crippen LogP contribution is 2.25. The highest BCUT2D eigenvalue weighted by Gasteiger charge is 2.21. The Morgan fingerprint density at radius 2 is 1.88 bits per heavy atom. The van der Waals surface area contributed by atoms with Gasteiger partial charge >= 0.3 is 6.09 Å². The molecule has 5 heteroatoms. The van der Waals surface area contributed by atoms with Gasteiger partial charge in [-0.1, -0.05) is 42.5 Å². The molecule has 2 rings (SSSR count). The van der Waals surface area contributed by atoms with E-state index in [0.717, 1.165) is 5.56 Å². The molecule has 128 valence electrons. The minimum absolute atomic E-state index is 0.358. The van der Waals surface area contributed by atoms with Gasteiger partial charge < -0.3 is 15.2 Å². The van der Waals surface area contributed by atoms with Crippen LogP contribution in [0.4, 0.5) is 9.18 Å². The summed E-state index contributed by atoms with van der Waals surface area (Å²) < 4.78 is 19.6. The Bertz CT molecular complexity index is 696. The van der Waals surface area contributed by atoms with Gasteiger partial charge in [0.2, 0.25) is 0 Å². The van der Waals surface area contributed by atoms with Gasteiger partial charge in [0.1, 0.15) is 11.4 Å². The third-order valence-electron chi connectivity index (χ3n) is 3.35. The lowest BCUT2D eigenvalue weighted by Gasteiger charge is -2.23. The summed E-state index contributed by atoms with van der Waals surface area (Å²) in [6.07, 6.45) is -0.658. The Kier molecular flexibility index (Phi) is 5.57.